The van der Waals surface area contributed by atoms with E-state index in [0.29, 0.717) is 23.6 Å². The highest BCUT2D eigenvalue weighted by Gasteiger charge is 2.30. The summed E-state index contributed by atoms with van der Waals surface area (Å²) >= 11 is 1.41. The number of hydrogen-bond donors (Lipinski definition) is 2. The fourth-order valence-corrected chi connectivity index (χ4v) is 4.19. The van der Waals surface area contributed by atoms with Gasteiger partial charge in [0.15, 0.2) is 0 Å². The molecule has 0 bridgehead atoms. The molecule has 1 atom stereocenters. The molecule has 2 N–H and O–H groups in total. The van der Waals surface area contributed by atoms with Gasteiger partial charge in [0.2, 0.25) is 11.0 Å². The Morgan fingerprint density at radius 1 is 1.16 bits per heavy atom. The largest absolute Gasteiger partial charge is 0.335 e. The highest BCUT2D eigenvalue weighted by molar-refractivity contribution is 7.15. The zero-order valence-corrected chi connectivity index (χ0v) is 15.8. The lowest BCUT2D eigenvalue weighted by atomic mass is 9.97. The van der Waals surface area contributed by atoms with Gasteiger partial charge in [-0.15, -0.1) is 10.2 Å². The quantitative estimate of drug-likeness (QED) is 0.859. The second kappa shape index (κ2) is 8.12. The number of nitrogens with one attached hydrogen (secondary N) is 2. The molecule has 1 aliphatic heterocycles. The van der Waals surface area contributed by atoms with E-state index in [1.165, 1.54) is 24.2 Å². The van der Waals surface area contributed by atoms with E-state index in [1.54, 1.807) is 4.90 Å². The SMILES string of the molecule is CC(C)c1nnc(NC(=O)[C@@H]2CCCN(C(=O)NC3CCCC3)C2)s1. The minimum Gasteiger partial charge on any atom is -0.335 e. The number of anilines is 1. The Balaban J connectivity index is 1.52. The monoisotopic (exact) mass is 365 g/mol. The van der Waals surface area contributed by atoms with Gasteiger partial charge in [-0.3, -0.25) is 4.79 Å². The van der Waals surface area contributed by atoms with E-state index < -0.39 is 0 Å². The maximum Gasteiger partial charge on any atom is 0.317 e. The summed E-state index contributed by atoms with van der Waals surface area (Å²) in [5, 5.41) is 15.6. The lowest BCUT2D eigenvalue weighted by molar-refractivity contribution is -0.121. The van der Waals surface area contributed by atoms with Gasteiger partial charge in [-0.05, 0) is 25.7 Å². The minimum atomic E-state index is -0.186. The Labute approximate surface area is 152 Å². The molecule has 8 heteroatoms. The molecule has 0 unspecified atom stereocenters. The predicted molar refractivity (Wildman–Crippen MR) is 97.7 cm³/mol. The number of urea groups is 1. The van der Waals surface area contributed by atoms with Crippen LogP contribution in [0.25, 0.3) is 0 Å². The molecule has 7 nitrogen and oxygen atoms in total. The number of carbonyl (C=O) groups excluding carboxylic acids is 2. The van der Waals surface area contributed by atoms with Crippen LogP contribution in [-0.4, -0.2) is 46.2 Å². The fraction of sp³-hybridized carbons (Fsp3) is 0.765. The van der Waals surface area contributed by atoms with E-state index in [0.717, 1.165) is 37.2 Å². The number of carbonyl (C=O) groups is 2. The van der Waals surface area contributed by atoms with E-state index in [2.05, 4.69) is 20.8 Å². The van der Waals surface area contributed by atoms with Crippen molar-refractivity contribution < 1.29 is 9.59 Å². The van der Waals surface area contributed by atoms with Gasteiger partial charge in [-0.2, -0.15) is 0 Å². The summed E-state index contributed by atoms with van der Waals surface area (Å²) in [6.07, 6.45) is 6.17. The van der Waals surface area contributed by atoms with Crippen molar-refractivity contribution >= 4 is 28.4 Å². The molecule has 3 rings (SSSR count). The lowest BCUT2D eigenvalue weighted by Gasteiger charge is -2.32. The van der Waals surface area contributed by atoms with Crippen molar-refractivity contribution in [3.63, 3.8) is 0 Å². The van der Waals surface area contributed by atoms with Gasteiger partial charge in [0.1, 0.15) is 5.01 Å². The molecule has 1 aromatic rings. The molecule has 1 saturated heterocycles. The third-order valence-electron chi connectivity index (χ3n) is 4.93. The van der Waals surface area contributed by atoms with E-state index in [1.807, 2.05) is 13.8 Å². The zero-order chi connectivity index (χ0) is 17.8. The number of piperidine rings is 1. The van der Waals surface area contributed by atoms with Crippen LogP contribution in [-0.2, 0) is 4.79 Å². The Bertz CT molecular complexity index is 612. The van der Waals surface area contributed by atoms with Crippen LogP contribution >= 0.6 is 11.3 Å². The number of aromatic nitrogens is 2. The molecule has 25 heavy (non-hydrogen) atoms. The Morgan fingerprint density at radius 2 is 1.92 bits per heavy atom. The zero-order valence-electron chi connectivity index (χ0n) is 15.0. The first-order valence-electron chi connectivity index (χ1n) is 9.22. The number of hydrogen-bond acceptors (Lipinski definition) is 5. The van der Waals surface area contributed by atoms with Crippen LogP contribution in [0.4, 0.5) is 9.93 Å². The average Bonchev–Trinajstić information content (AvgIpc) is 3.27. The molecule has 0 radical (unpaired) electrons. The van der Waals surface area contributed by atoms with Crippen LogP contribution < -0.4 is 10.6 Å². The fourth-order valence-electron chi connectivity index (χ4n) is 3.44. The van der Waals surface area contributed by atoms with E-state index in [4.69, 9.17) is 0 Å². The number of rotatable bonds is 4. The summed E-state index contributed by atoms with van der Waals surface area (Å²) in [5.41, 5.74) is 0. The smallest absolute Gasteiger partial charge is 0.317 e. The van der Waals surface area contributed by atoms with Crippen LogP contribution in [0.1, 0.15) is 63.3 Å². The average molecular weight is 366 g/mol. The first kappa shape index (κ1) is 18.1. The predicted octanol–water partition coefficient (Wildman–Crippen LogP) is 2.96. The van der Waals surface area contributed by atoms with Crippen LogP contribution in [0.3, 0.4) is 0 Å². The summed E-state index contributed by atoms with van der Waals surface area (Å²) in [7, 11) is 0. The van der Waals surface area contributed by atoms with Gasteiger partial charge < -0.3 is 15.5 Å². The first-order valence-corrected chi connectivity index (χ1v) is 10.0. The maximum atomic E-state index is 12.5. The van der Waals surface area contributed by atoms with E-state index >= 15 is 0 Å². The van der Waals surface area contributed by atoms with Gasteiger partial charge in [-0.1, -0.05) is 38.0 Å². The molecule has 1 aromatic heterocycles. The summed E-state index contributed by atoms with van der Waals surface area (Å²) in [6, 6.07) is 0.278. The second-order valence-corrected chi connectivity index (χ2v) is 8.31. The van der Waals surface area contributed by atoms with Crippen LogP contribution in [0.15, 0.2) is 0 Å². The summed E-state index contributed by atoms with van der Waals surface area (Å²) in [5.74, 6) is 0.0481. The van der Waals surface area contributed by atoms with E-state index in [9.17, 15) is 9.59 Å². The summed E-state index contributed by atoms with van der Waals surface area (Å²) in [4.78, 5) is 26.7. The van der Waals surface area contributed by atoms with Gasteiger partial charge in [0.25, 0.3) is 0 Å². The minimum absolute atomic E-state index is 0.0255. The normalized spacial score (nSPS) is 21.6. The Kier molecular flexibility index (Phi) is 5.88. The number of nitrogens with zero attached hydrogens (tertiary/aromatic N) is 3. The molecule has 1 aliphatic carbocycles. The molecule has 138 valence electrons. The van der Waals surface area contributed by atoms with Crippen LogP contribution in [0, 0.1) is 5.92 Å². The molecule has 0 aromatic carbocycles. The molecule has 3 amide bonds. The van der Waals surface area contributed by atoms with Crippen molar-refractivity contribution in [2.75, 3.05) is 18.4 Å². The summed E-state index contributed by atoms with van der Waals surface area (Å²) < 4.78 is 0. The van der Waals surface area contributed by atoms with Crippen LogP contribution in [0.2, 0.25) is 0 Å². The first-order chi connectivity index (χ1) is 12.0. The molecule has 1 saturated carbocycles. The topological polar surface area (TPSA) is 87.2 Å². The third-order valence-corrected chi connectivity index (χ3v) is 6.07. The Morgan fingerprint density at radius 3 is 2.60 bits per heavy atom. The van der Waals surface area contributed by atoms with Gasteiger partial charge in [0.05, 0.1) is 5.92 Å². The number of likely N-dealkylation sites (tertiary alicyclic amines) is 1. The molecule has 0 spiro atoms. The molecule has 2 fully saturated rings. The number of amides is 3. The molecule has 2 aliphatic rings. The van der Waals surface area contributed by atoms with Crippen molar-refractivity contribution in [1.82, 2.24) is 20.4 Å². The summed E-state index contributed by atoms with van der Waals surface area (Å²) in [6.45, 7) is 5.29. The van der Waals surface area contributed by atoms with Gasteiger partial charge in [0, 0.05) is 25.0 Å². The van der Waals surface area contributed by atoms with Crippen molar-refractivity contribution in [1.29, 1.82) is 0 Å². The third kappa shape index (κ3) is 4.68. The van der Waals surface area contributed by atoms with E-state index in [-0.39, 0.29) is 17.9 Å². The maximum absolute atomic E-state index is 12.5. The van der Waals surface area contributed by atoms with Crippen molar-refractivity contribution in [3.8, 4) is 0 Å². The standard InChI is InChI=1S/C17H27N5O2S/c1-11(2)15-20-21-16(25-15)19-14(23)12-6-5-9-22(10-12)17(24)18-13-7-3-4-8-13/h11-13H,3-10H2,1-2H3,(H,18,24)(H,19,21,23)/t12-/m1/s1. The van der Waals surface area contributed by atoms with Crippen LogP contribution in [0.5, 0.6) is 0 Å². The molecule has 2 heterocycles. The van der Waals surface area contributed by atoms with Crippen molar-refractivity contribution in [2.45, 2.75) is 64.3 Å². The Hall–Kier alpha value is -1.70. The van der Waals surface area contributed by atoms with Gasteiger partial charge >= 0.3 is 6.03 Å². The molecular weight excluding hydrogens is 338 g/mol. The van der Waals surface area contributed by atoms with Gasteiger partial charge in [-0.25, -0.2) is 4.79 Å². The molecular formula is C17H27N5O2S. The highest BCUT2D eigenvalue weighted by atomic mass is 32.1. The lowest BCUT2D eigenvalue weighted by Crippen LogP contribution is -2.49. The van der Waals surface area contributed by atoms with Crippen molar-refractivity contribution in [3.05, 3.63) is 5.01 Å². The highest BCUT2D eigenvalue weighted by Crippen LogP contribution is 2.25. The second-order valence-electron chi connectivity index (χ2n) is 7.31. The van der Waals surface area contributed by atoms with Crippen molar-refractivity contribution in [2.24, 2.45) is 5.92 Å².